The van der Waals surface area contributed by atoms with Crippen LogP contribution in [-0.4, -0.2) is 14.8 Å². The highest BCUT2D eigenvalue weighted by Gasteiger charge is 2.17. The van der Waals surface area contributed by atoms with E-state index >= 15 is 0 Å². The Labute approximate surface area is 89.8 Å². The minimum atomic E-state index is 0.00209. The first-order valence-corrected chi connectivity index (χ1v) is 5.04. The Bertz CT molecular complexity index is 437. The molecule has 0 saturated heterocycles. The maximum atomic E-state index is 4.36. The van der Waals surface area contributed by atoms with Gasteiger partial charge < -0.3 is 0 Å². The second-order valence-electron chi connectivity index (χ2n) is 4.53. The van der Waals surface area contributed by atoms with Gasteiger partial charge in [-0.1, -0.05) is 0 Å². The third-order valence-electron chi connectivity index (χ3n) is 2.25. The monoisotopic (exact) mass is 201 g/mol. The van der Waals surface area contributed by atoms with Gasteiger partial charge in [-0.15, -0.1) is 0 Å². The molecular weight excluding hydrogens is 186 g/mol. The number of hydrogen-bond donors (Lipinski definition) is 0. The molecule has 0 saturated carbocycles. The van der Waals surface area contributed by atoms with Crippen molar-refractivity contribution in [3.8, 4) is 11.3 Å². The Morgan fingerprint density at radius 2 is 1.67 bits per heavy atom. The highest BCUT2D eigenvalue weighted by atomic mass is 15.3. The van der Waals surface area contributed by atoms with Crippen LogP contribution in [0.5, 0.6) is 0 Å². The van der Waals surface area contributed by atoms with Crippen molar-refractivity contribution in [2.45, 2.75) is 26.3 Å². The summed E-state index contributed by atoms with van der Waals surface area (Å²) in [7, 11) is 0. The highest BCUT2D eigenvalue weighted by Crippen LogP contribution is 2.24. The molecule has 0 atom stereocenters. The number of hydrogen-bond acceptors (Lipinski definition) is 2. The van der Waals surface area contributed by atoms with E-state index in [4.69, 9.17) is 0 Å². The molecule has 0 amide bonds. The molecule has 0 radical (unpaired) electrons. The Morgan fingerprint density at radius 1 is 1.00 bits per heavy atom. The quantitative estimate of drug-likeness (QED) is 0.710. The molecule has 15 heavy (non-hydrogen) atoms. The van der Waals surface area contributed by atoms with Gasteiger partial charge in [-0.2, -0.15) is 5.10 Å². The lowest BCUT2D eigenvalue weighted by molar-refractivity contribution is 0.360. The molecule has 2 aromatic heterocycles. The first-order chi connectivity index (χ1) is 7.09. The fourth-order valence-corrected chi connectivity index (χ4v) is 1.58. The van der Waals surface area contributed by atoms with Crippen LogP contribution in [0.2, 0.25) is 0 Å². The molecule has 0 fully saturated rings. The lowest BCUT2D eigenvalue weighted by atomic mass is 10.1. The average molecular weight is 201 g/mol. The van der Waals surface area contributed by atoms with Gasteiger partial charge in [0.2, 0.25) is 0 Å². The van der Waals surface area contributed by atoms with Crippen molar-refractivity contribution in [3.63, 3.8) is 0 Å². The van der Waals surface area contributed by atoms with E-state index in [9.17, 15) is 0 Å². The molecule has 0 N–H and O–H groups in total. The van der Waals surface area contributed by atoms with E-state index in [0.717, 1.165) is 11.3 Å². The van der Waals surface area contributed by atoms with E-state index < -0.39 is 0 Å². The molecule has 0 unspecified atom stereocenters. The van der Waals surface area contributed by atoms with Crippen LogP contribution in [-0.2, 0) is 5.54 Å². The molecule has 0 bridgehead atoms. The summed E-state index contributed by atoms with van der Waals surface area (Å²) in [6, 6.07) is 6.03. The molecule has 2 heterocycles. The van der Waals surface area contributed by atoms with Gasteiger partial charge in [0.1, 0.15) is 0 Å². The molecule has 2 rings (SSSR count). The average Bonchev–Trinajstić information content (AvgIpc) is 2.67. The maximum Gasteiger partial charge on any atom is 0.0689 e. The summed E-state index contributed by atoms with van der Waals surface area (Å²) >= 11 is 0. The zero-order valence-electron chi connectivity index (χ0n) is 9.31. The van der Waals surface area contributed by atoms with Crippen molar-refractivity contribution in [2.75, 3.05) is 0 Å². The summed E-state index contributed by atoms with van der Waals surface area (Å²) in [5.41, 5.74) is 2.28. The number of nitrogens with zero attached hydrogens (tertiary/aromatic N) is 3. The van der Waals surface area contributed by atoms with E-state index in [2.05, 4.69) is 30.9 Å². The zero-order chi connectivity index (χ0) is 10.9. The standard InChI is InChI=1S/C12H15N3/c1-12(2,3)15-11(6-9-14-15)10-4-7-13-8-5-10/h4-9H,1-3H3. The van der Waals surface area contributed by atoms with Crippen LogP contribution in [0.4, 0.5) is 0 Å². The smallest absolute Gasteiger partial charge is 0.0689 e. The largest absolute Gasteiger partial charge is 0.265 e. The SMILES string of the molecule is CC(C)(C)n1nccc1-c1ccncc1. The van der Waals surface area contributed by atoms with E-state index in [0.29, 0.717) is 0 Å². The van der Waals surface area contributed by atoms with Crippen LogP contribution >= 0.6 is 0 Å². The minimum Gasteiger partial charge on any atom is -0.265 e. The van der Waals surface area contributed by atoms with Gasteiger partial charge in [0.15, 0.2) is 0 Å². The number of rotatable bonds is 1. The molecule has 0 aliphatic heterocycles. The Kier molecular flexibility index (Phi) is 2.31. The van der Waals surface area contributed by atoms with E-state index in [1.807, 2.05) is 29.1 Å². The second-order valence-corrected chi connectivity index (χ2v) is 4.53. The van der Waals surface area contributed by atoms with Crippen molar-refractivity contribution in [1.29, 1.82) is 0 Å². The first kappa shape index (κ1) is 9.90. The van der Waals surface area contributed by atoms with Gasteiger partial charge in [-0.05, 0) is 39.0 Å². The van der Waals surface area contributed by atoms with Gasteiger partial charge in [0.25, 0.3) is 0 Å². The number of aromatic nitrogens is 3. The topological polar surface area (TPSA) is 30.7 Å². The predicted octanol–water partition coefficient (Wildman–Crippen LogP) is 2.70. The van der Waals surface area contributed by atoms with Crippen molar-refractivity contribution < 1.29 is 0 Å². The van der Waals surface area contributed by atoms with Crippen LogP contribution in [0.1, 0.15) is 20.8 Å². The molecule has 0 aliphatic carbocycles. The van der Waals surface area contributed by atoms with Gasteiger partial charge in [-0.3, -0.25) is 9.67 Å². The van der Waals surface area contributed by atoms with Gasteiger partial charge >= 0.3 is 0 Å². The Morgan fingerprint density at radius 3 is 2.27 bits per heavy atom. The van der Waals surface area contributed by atoms with Gasteiger partial charge in [0.05, 0.1) is 11.2 Å². The summed E-state index contributed by atoms with van der Waals surface area (Å²) in [5.74, 6) is 0. The van der Waals surface area contributed by atoms with E-state index in [1.165, 1.54) is 0 Å². The minimum absolute atomic E-state index is 0.00209. The molecule has 0 aliphatic rings. The molecule has 0 spiro atoms. The zero-order valence-corrected chi connectivity index (χ0v) is 9.31. The van der Waals surface area contributed by atoms with E-state index in [-0.39, 0.29) is 5.54 Å². The molecule has 3 nitrogen and oxygen atoms in total. The lowest BCUT2D eigenvalue weighted by Crippen LogP contribution is -2.23. The summed E-state index contributed by atoms with van der Waals surface area (Å²) < 4.78 is 2.03. The molecule has 78 valence electrons. The predicted molar refractivity (Wildman–Crippen MR) is 60.5 cm³/mol. The van der Waals surface area contributed by atoms with Crippen LogP contribution in [0.15, 0.2) is 36.8 Å². The van der Waals surface area contributed by atoms with Crippen molar-refractivity contribution in [2.24, 2.45) is 0 Å². The number of pyridine rings is 1. The van der Waals surface area contributed by atoms with Crippen molar-refractivity contribution in [1.82, 2.24) is 14.8 Å². The summed E-state index contributed by atoms with van der Waals surface area (Å²) in [5, 5.41) is 4.36. The molecule has 2 aromatic rings. The van der Waals surface area contributed by atoms with Crippen LogP contribution < -0.4 is 0 Å². The van der Waals surface area contributed by atoms with Gasteiger partial charge in [0, 0.05) is 24.2 Å². The highest BCUT2D eigenvalue weighted by molar-refractivity contribution is 5.58. The normalized spacial score (nSPS) is 11.7. The molecule has 0 aromatic carbocycles. The maximum absolute atomic E-state index is 4.36. The summed E-state index contributed by atoms with van der Waals surface area (Å²) in [6.07, 6.45) is 5.44. The molecule has 3 heteroatoms. The van der Waals surface area contributed by atoms with Crippen LogP contribution in [0, 0.1) is 0 Å². The van der Waals surface area contributed by atoms with Crippen LogP contribution in [0.25, 0.3) is 11.3 Å². The van der Waals surface area contributed by atoms with Gasteiger partial charge in [-0.25, -0.2) is 0 Å². The van der Waals surface area contributed by atoms with Crippen molar-refractivity contribution in [3.05, 3.63) is 36.8 Å². The van der Waals surface area contributed by atoms with Crippen LogP contribution in [0.3, 0.4) is 0 Å². The fourth-order valence-electron chi connectivity index (χ4n) is 1.58. The lowest BCUT2D eigenvalue weighted by Gasteiger charge is -2.22. The van der Waals surface area contributed by atoms with Crippen molar-refractivity contribution >= 4 is 0 Å². The first-order valence-electron chi connectivity index (χ1n) is 5.04. The summed E-state index contributed by atoms with van der Waals surface area (Å²) in [4.78, 5) is 4.02. The summed E-state index contributed by atoms with van der Waals surface area (Å²) in [6.45, 7) is 6.43. The third kappa shape index (κ3) is 1.91. The fraction of sp³-hybridized carbons (Fsp3) is 0.333. The Hall–Kier alpha value is -1.64. The van der Waals surface area contributed by atoms with E-state index in [1.54, 1.807) is 12.4 Å². The Balaban J connectivity index is 2.51. The third-order valence-corrected chi connectivity index (χ3v) is 2.25. The second kappa shape index (κ2) is 3.50. The molecular formula is C12H15N3.